The fraction of sp³-hybridized carbons (Fsp3) is 0.429. The van der Waals surface area contributed by atoms with Gasteiger partial charge in [0.05, 0.1) is 16.8 Å². The summed E-state index contributed by atoms with van der Waals surface area (Å²) in [6.07, 6.45) is 0.825. The van der Waals surface area contributed by atoms with Crippen LogP contribution in [0.1, 0.15) is 27.2 Å². The minimum Gasteiger partial charge on any atom is -0.494 e. The van der Waals surface area contributed by atoms with E-state index < -0.39 is 0 Å². The van der Waals surface area contributed by atoms with Crippen LogP contribution in [0.15, 0.2) is 18.2 Å². The number of nitrogens with zero attached hydrogens (tertiary/aromatic N) is 1. The van der Waals surface area contributed by atoms with E-state index >= 15 is 0 Å². The van der Waals surface area contributed by atoms with E-state index in [9.17, 15) is 4.79 Å². The molecule has 1 aromatic carbocycles. The van der Waals surface area contributed by atoms with Gasteiger partial charge in [0.25, 0.3) is 0 Å². The molecule has 0 fully saturated rings. The van der Waals surface area contributed by atoms with Crippen LogP contribution in [0.5, 0.6) is 5.75 Å². The van der Waals surface area contributed by atoms with Crippen LogP contribution >= 0.6 is 11.3 Å². The lowest BCUT2D eigenvalue weighted by atomic mass is 10.1. The van der Waals surface area contributed by atoms with Crippen LogP contribution in [0.25, 0.3) is 10.2 Å². The first-order valence-electron chi connectivity index (χ1n) is 6.48. The van der Waals surface area contributed by atoms with Gasteiger partial charge in [-0.25, -0.2) is 4.98 Å². The molecule has 0 spiro atoms. The van der Waals surface area contributed by atoms with E-state index in [1.165, 1.54) is 11.3 Å². The molecule has 0 bridgehead atoms. The number of hydrogen-bond acceptors (Lipinski definition) is 4. The van der Waals surface area contributed by atoms with E-state index in [1.807, 2.05) is 39.0 Å². The minimum atomic E-state index is 0.00555. The summed E-state index contributed by atoms with van der Waals surface area (Å²) in [6.45, 7) is 6.50. The Bertz CT molecular complexity index is 580. The number of thiazole rings is 1. The molecule has 4 nitrogen and oxygen atoms in total. The quantitative estimate of drug-likeness (QED) is 0.907. The van der Waals surface area contributed by atoms with Crippen molar-refractivity contribution in [2.45, 2.75) is 27.2 Å². The lowest BCUT2D eigenvalue weighted by Gasteiger charge is -2.06. The fourth-order valence-electron chi connectivity index (χ4n) is 1.63. The fourth-order valence-corrected chi connectivity index (χ4v) is 2.53. The molecule has 1 unspecified atom stereocenters. The van der Waals surface area contributed by atoms with Gasteiger partial charge < -0.3 is 10.1 Å². The van der Waals surface area contributed by atoms with Crippen molar-refractivity contribution in [1.82, 2.24) is 4.98 Å². The van der Waals surface area contributed by atoms with Gasteiger partial charge in [0, 0.05) is 5.92 Å². The third-order valence-electron chi connectivity index (χ3n) is 2.96. The molecule has 0 aliphatic heterocycles. The molecule has 19 heavy (non-hydrogen) atoms. The molecular weight excluding hydrogens is 260 g/mol. The van der Waals surface area contributed by atoms with Crippen LogP contribution in [0.2, 0.25) is 0 Å². The molecular formula is C14H18N2O2S. The van der Waals surface area contributed by atoms with Crippen molar-refractivity contribution in [2.75, 3.05) is 11.9 Å². The number of amides is 1. The van der Waals surface area contributed by atoms with E-state index in [2.05, 4.69) is 10.3 Å². The number of ether oxygens (including phenoxy) is 1. The Morgan fingerprint density at radius 1 is 1.47 bits per heavy atom. The van der Waals surface area contributed by atoms with Gasteiger partial charge in [-0.2, -0.15) is 0 Å². The van der Waals surface area contributed by atoms with Gasteiger partial charge in [0.2, 0.25) is 5.91 Å². The Kier molecular flexibility index (Phi) is 4.37. The molecule has 0 radical (unpaired) electrons. The Labute approximate surface area is 116 Å². The average Bonchev–Trinajstić information content (AvgIpc) is 2.79. The predicted octanol–water partition coefficient (Wildman–Crippen LogP) is 3.68. The molecule has 1 heterocycles. The van der Waals surface area contributed by atoms with Crippen molar-refractivity contribution < 1.29 is 9.53 Å². The van der Waals surface area contributed by atoms with Gasteiger partial charge in [-0.1, -0.05) is 25.2 Å². The summed E-state index contributed by atoms with van der Waals surface area (Å²) >= 11 is 1.47. The first kappa shape index (κ1) is 13.8. The second kappa shape index (κ2) is 6.02. The summed E-state index contributed by atoms with van der Waals surface area (Å²) in [7, 11) is 0. The van der Waals surface area contributed by atoms with Gasteiger partial charge >= 0.3 is 0 Å². The topological polar surface area (TPSA) is 51.2 Å². The zero-order valence-electron chi connectivity index (χ0n) is 11.4. The van der Waals surface area contributed by atoms with Gasteiger partial charge in [0.15, 0.2) is 5.13 Å². The average molecular weight is 278 g/mol. The molecule has 0 aliphatic rings. The monoisotopic (exact) mass is 278 g/mol. The number of aromatic nitrogens is 1. The van der Waals surface area contributed by atoms with E-state index in [1.54, 1.807) is 0 Å². The normalized spacial score (nSPS) is 12.4. The Morgan fingerprint density at radius 3 is 2.95 bits per heavy atom. The first-order valence-corrected chi connectivity index (χ1v) is 7.30. The molecule has 0 saturated heterocycles. The highest BCUT2D eigenvalue weighted by molar-refractivity contribution is 7.22. The number of anilines is 1. The van der Waals surface area contributed by atoms with Gasteiger partial charge in [-0.15, -0.1) is 0 Å². The predicted molar refractivity (Wildman–Crippen MR) is 78.9 cm³/mol. The summed E-state index contributed by atoms with van der Waals surface area (Å²) in [5.74, 6) is 0.857. The second-order valence-electron chi connectivity index (χ2n) is 4.38. The van der Waals surface area contributed by atoms with E-state index in [4.69, 9.17) is 4.74 Å². The number of rotatable bonds is 5. The number of hydrogen-bond donors (Lipinski definition) is 1. The van der Waals surface area contributed by atoms with E-state index in [0.29, 0.717) is 11.7 Å². The SMILES string of the molecule is CCOc1ccc2nc(NC(=O)C(C)CC)sc2c1. The van der Waals surface area contributed by atoms with Gasteiger partial charge in [0.1, 0.15) is 5.75 Å². The van der Waals surface area contributed by atoms with Crippen molar-refractivity contribution in [3.63, 3.8) is 0 Å². The van der Waals surface area contributed by atoms with Crippen molar-refractivity contribution >= 4 is 32.6 Å². The number of nitrogens with one attached hydrogen (secondary N) is 1. The third kappa shape index (κ3) is 3.23. The molecule has 1 amide bonds. The lowest BCUT2D eigenvalue weighted by Crippen LogP contribution is -2.19. The van der Waals surface area contributed by atoms with Crippen molar-refractivity contribution in [2.24, 2.45) is 5.92 Å². The minimum absolute atomic E-state index is 0.00555. The highest BCUT2D eigenvalue weighted by atomic mass is 32.1. The molecule has 1 N–H and O–H groups in total. The number of benzene rings is 1. The van der Waals surface area contributed by atoms with Crippen molar-refractivity contribution in [3.8, 4) is 5.75 Å². The maximum atomic E-state index is 11.8. The van der Waals surface area contributed by atoms with Crippen molar-refractivity contribution in [3.05, 3.63) is 18.2 Å². The molecule has 0 saturated carbocycles. The molecule has 5 heteroatoms. The molecule has 1 atom stereocenters. The maximum absolute atomic E-state index is 11.8. The second-order valence-corrected chi connectivity index (χ2v) is 5.41. The van der Waals surface area contributed by atoms with Crippen molar-refractivity contribution in [1.29, 1.82) is 0 Å². The molecule has 1 aromatic heterocycles. The van der Waals surface area contributed by atoms with Crippen LogP contribution in [-0.2, 0) is 4.79 Å². The maximum Gasteiger partial charge on any atom is 0.228 e. The molecule has 0 aliphatic carbocycles. The molecule has 2 rings (SSSR count). The van der Waals surface area contributed by atoms with Crippen LogP contribution < -0.4 is 10.1 Å². The van der Waals surface area contributed by atoms with E-state index in [-0.39, 0.29) is 11.8 Å². The number of carbonyl (C=O) groups excluding carboxylic acids is 1. The van der Waals surface area contributed by atoms with Crippen LogP contribution in [-0.4, -0.2) is 17.5 Å². The summed E-state index contributed by atoms with van der Waals surface area (Å²) in [5.41, 5.74) is 0.882. The number of carbonyl (C=O) groups is 1. The summed E-state index contributed by atoms with van der Waals surface area (Å²) in [6, 6.07) is 5.76. The highest BCUT2D eigenvalue weighted by Gasteiger charge is 2.13. The first-order chi connectivity index (χ1) is 9.13. The summed E-state index contributed by atoms with van der Waals surface area (Å²) in [5, 5.41) is 3.51. The lowest BCUT2D eigenvalue weighted by molar-refractivity contribution is -0.119. The van der Waals surface area contributed by atoms with Crippen LogP contribution in [0, 0.1) is 5.92 Å². The smallest absolute Gasteiger partial charge is 0.228 e. The third-order valence-corrected chi connectivity index (χ3v) is 3.89. The Morgan fingerprint density at radius 2 is 2.26 bits per heavy atom. The summed E-state index contributed by atoms with van der Waals surface area (Å²) < 4.78 is 6.47. The largest absolute Gasteiger partial charge is 0.494 e. The Hall–Kier alpha value is -1.62. The van der Waals surface area contributed by atoms with E-state index in [0.717, 1.165) is 22.4 Å². The van der Waals surface area contributed by atoms with Gasteiger partial charge in [-0.05, 0) is 31.5 Å². The van der Waals surface area contributed by atoms with Gasteiger partial charge in [-0.3, -0.25) is 4.79 Å². The zero-order valence-corrected chi connectivity index (χ0v) is 12.2. The number of fused-ring (bicyclic) bond motifs is 1. The van der Waals surface area contributed by atoms with Crippen LogP contribution in [0.3, 0.4) is 0 Å². The van der Waals surface area contributed by atoms with Crippen LogP contribution in [0.4, 0.5) is 5.13 Å². The highest BCUT2D eigenvalue weighted by Crippen LogP contribution is 2.29. The Balaban J connectivity index is 2.19. The molecule has 102 valence electrons. The summed E-state index contributed by atoms with van der Waals surface area (Å²) in [4.78, 5) is 16.2. The molecule has 2 aromatic rings. The zero-order chi connectivity index (χ0) is 13.8. The standard InChI is InChI=1S/C14H18N2O2S/c1-4-9(3)13(17)16-14-15-11-7-6-10(18-5-2)8-12(11)19-14/h6-9H,4-5H2,1-3H3,(H,15,16,17).